The van der Waals surface area contributed by atoms with Crippen LogP contribution in [-0.4, -0.2) is 81.0 Å². The van der Waals surface area contributed by atoms with Crippen LogP contribution in [0.5, 0.6) is 0 Å². The number of nitrogens with zero attached hydrogens (tertiary/aromatic N) is 4. The van der Waals surface area contributed by atoms with Crippen molar-refractivity contribution >= 4 is 28.7 Å². The smallest absolute Gasteiger partial charge is 0.332 e. The van der Waals surface area contributed by atoms with Gasteiger partial charge in [0.25, 0.3) is 0 Å². The van der Waals surface area contributed by atoms with Crippen molar-refractivity contribution in [3.63, 3.8) is 0 Å². The zero-order valence-electron chi connectivity index (χ0n) is 21.8. The van der Waals surface area contributed by atoms with Crippen LogP contribution in [0.1, 0.15) is 28.4 Å². The minimum absolute atomic E-state index is 0.185. The van der Waals surface area contributed by atoms with Crippen LogP contribution < -0.4 is 4.90 Å². The Hall–Kier alpha value is -3.69. The number of piperazine rings is 1. The Balaban J connectivity index is 1.38. The molecule has 2 aliphatic heterocycles. The summed E-state index contributed by atoms with van der Waals surface area (Å²) in [5, 5.41) is 30.6. The SMILES string of the molecule is Cc1ccnc(N2CCN(CCc3c(C)n4c5c(cccc35)CC(/C(=C/C(=O)O)C(=O)O)C4CO)CC2)c1. The van der Waals surface area contributed by atoms with E-state index >= 15 is 0 Å². The molecule has 1 aromatic carbocycles. The van der Waals surface area contributed by atoms with E-state index in [1.165, 1.54) is 11.1 Å². The maximum absolute atomic E-state index is 12.0. The van der Waals surface area contributed by atoms with Gasteiger partial charge >= 0.3 is 11.9 Å². The van der Waals surface area contributed by atoms with Crippen LogP contribution in [0.2, 0.25) is 0 Å². The first-order valence-electron chi connectivity index (χ1n) is 13.1. The molecule has 2 aliphatic rings. The topological polar surface area (TPSA) is 119 Å². The van der Waals surface area contributed by atoms with Crippen molar-refractivity contribution in [2.75, 3.05) is 44.2 Å². The maximum atomic E-state index is 12.0. The van der Waals surface area contributed by atoms with Crippen LogP contribution >= 0.6 is 0 Å². The highest BCUT2D eigenvalue weighted by atomic mass is 16.4. The van der Waals surface area contributed by atoms with E-state index in [4.69, 9.17) is 0 Å². The highest BCUT2D eigenvalue weighted by Crippen LogP contribution is 2.42. The minimum Gasteiger partial charge on any atom is -0.478 e. The van der Waals surface area contributed by atoms with E-state index in [9.17, 15) is 24.9 Å². The number of para-hydroxylation sites is 1. The van der Waals surface area contributed by atoms with Gasteiger partial charge in [0.05, 0.1) is 18.2 Å². The highest BCUT2D eigenvalue weighted by molar-refractivity contribution is 5.96. The van der Waals surface area contributed by atoms with E-state index in [1.54, 1.807) is 0 Å². The number of aromatic nitrogens is 2. The van der Waals surface area contributed by atoms with Crippen LogP contribution in [0.25, 0.3) is 10.9 Å². The summed E-state index contributed by atoms with van der Waals surface area (Å²) in [4.78, 5) is 32.7. The van der Waals surface area contributed by atoms with E-state index in [-0.39, 0.29) is 12.2 Å². The number of aliphatic carboxylic acids is 2. The first-order valence-corrected chi connectivity index (χ1v) is 13.1. The number of aliphatic hydroxyl groups excluding tert-OH is 1. The van der Waals surface area contributed by atoms with E-state index < -0.39 is 23.9 Å². The Morgan fingerprint density at radius 3 is 2.53 bits per heavy atom. The number of carbonyl (C=O) groups is 2. The van der Waals surface area contributed by atoms with Crippen LogP contribution in [0.3, 0.4) is 0 Å². The van der Waals surface area contributed by atoms with Crippen molar-refractivity contribution in [3.05, 3.63) is 70.6 Å². The zero-order valence-corrected chi connectivity index (χ0v) is 21.8. The Kier molecular flexibility index (Phi) is 7.23. The third-order valence-corrected chi connectivity index (χ3v) is 8.11. The molecule has 1 saturated heterocycles. The van der Waals surface area contributed by atoms with Crippen LogP contribution in [0.15, 0.2) is 48.2 Å². The second-order valence-electron chi connectivity index (χ2n) is 10.3. The summed E-state index contributed by atoms with van der Waals surface area (Å²) in [6, 6.07) is 9.64. The number of benzene rings is 1. The summed E-state index contributed by atoms with van der Waals surface area (Å²) < 4.78 is 2.05. The van der Waals surface area contributed by atoms with Gasteiger partial charge in [0, 0.05) is 67.6 Å². The van der Waals surface area contributed by atoms with Gasteiger partial charge in [-0.25, -0.2) is 14.6 Å². The Bertz CT molecular complexity index is 1400. The van der Waals surface area contributed by atoms with Gasteiger partial charge in [-0.2, -0.15) is 0 Å². The maximum Gasteiger partial charge on any atom is 0.332 e. The molecule has 0 amide bonds. The first kappa shape index (κ1) is 25.9. The molecule has 4 heterocycles. The molecule has 2 aromatic heterocycles. The quantitative estimate of drug-likeness (QED) is 0.390. The number of aryl methyl sites for hydroxylation is 1. The lowest BCUT2D eigenvalue weighted by atomic mass is 9.82. The molecule has 0 bridgehead atoms. The summed E-state index contributed by atoms with van der Waals surface area (Å²) in [5.74, 6) is -2.19. The Morgan fingerprint density at radius 2 is 1.87 bits per heavy atom. The average molecular weight is 519 g/mol. The molecule has 5 rings (SSSR count). The minimum atomic E-state index is -1.30. The van der Waals surface area contributed by atoms with Gasteiger partial charge in [-0.15, -0.1) is 0 Å². The number of hydrogen-bond acceptors (Lipinski definition) is 6. The number of pyridine rings is 1. The molecule has 3 aromatic rings. The third kappa shape index (κ3) is 4.79. The fourth-order valence-electron chi connectivity index (χ4n) is 6.23. The molecule has 0 saturated carbocycles. The number of carboxylic acid groups (broad SMARTS) is 2. The van der Waals surface area contributed by atoms with E-state index in [0.29, 0.717) is 6.42 Å². The first-order chi connectivity index (χ1) is 18.3. The van der Waals surface area contributed by atoms with E-state index in [1.807, 2.05) is 35.9 Å². The second kappa shape index (κ2) is 10.6. The van der Waals surface area contributed by atoms with Crippen LogP contribution in [0, 0.1) is 19.8 Å². The van der Waals surface area contributed by atoms with Crippen molar-refractivity contribution in [1.29, 1.82) is 0 Å². The summed E-state index contributed by atoms with van der Waals surface area (Å²) in [6.07, 6.45) is 3.83. The molecule has 2 atom stereocenters. The molecular formula is C29H34N4O5. The van der Waals surface area contributed by atoms with Crippen LogP contribution in [0.4, 0.5) is 5.82 Å². The lowest BCUT2D eigenvalue weighted by Gasteiger charge is -2.35. The molecule has 9 heteroatoms. The molecule has 0 spiro atoms. The highest BCUT2D eigenvalue weighted by Gasteiger charge is 2.37. The van der Waals surface area contributed by atoms with Gasteiger partial charge in [-0.05, 0) is 55.5 Å². The fraction of sp³-hybridized carbons (Fsp3) is 0.414. The second-order valence-corrected chi connectivity index (χ2v) is 10.3. The molecule has 0 radical (unpaired) electrons. The van der Waals surface area contributed by atoms with E-state index in [2.05, 4.69) is 33.8 Å². The Morgan fingerprint density at radius 1 is 1.11 bits per heavy atom. The number of anilines is 1. The molecule has 1 fully saturated rings. The summed E-state index contributed by atoms with van der Waals surface area (Å²) in [6.45, 7) is 8.45. The lowest BCUT2D eigenvalue weighted by Crippen LogP contribution is -2.47. The molecule has 9 nitrogen and oxygen atoms in total. The molecule has 3 N–H and O–H groups in total. The lowest BCUT2D eigenvalue weighted by molar-refractivity contribution is -0.135. The van der Waals surface area contributed by atoms with E-state index in [0.717, 1.165) is 73.2 Å². The van der Waals surface area contributed by atoms with Gasteiger partial charge in [-0.3, -0.25) is 4.90 Å². The summed E-state index contributed by atoms with van der Waals surface area (Å²) in [7, 11) is 0. The van der Waals surface area contributed by atoms with Crippen molar-refractivity contribution in [2.45, 2.75) is 32.7 Å². The van der Waals surface area contributed by atoms with Crippen LogP contribution in [-0.2, 0) is 22.4 Å². The van der Waals surface area contributed by atoms with Gasteiger partial charge in [0.15, 0.2) is 0 Å². The van der Waals surface area contributed by atoms with Gasteiger partial charge < -0.3 is 24.8 Å². The average Bonchev–Trinajstić information content (AvgIpc) is 3.18. The van der Waals surface area contributed by atoms with Gasteiger partial charge in [0.2, 0.25) is 0 Å². The predicted molar refractivity (Wildman–Crippen MR) is 145 cm³/mol. The third-order valence-electron chi connectivity index (χ3n) is 8.11. The molecular weight excluding hydrogens is 484 g/mol. The number of rotatable bonds is 8. The summed E-state index contributed by atoms with van der Waals surface area (Å²) >= 11 is 0. The number of carboxylic acids is 2. The standard InChI is InChI=1S/C29H34N4O5/c1-18-6-8-30-26(14-18)32-12-10-31(11-13-32)9-7-21-19(2)33-25(17-34)23(24(29(37)38)16-27(35)36)15-20-4-3-5-22(21)28(20)33/h3-6,8,14,16,23,25,34H,7,9-13,15,17H2,1-2H3,(H,35,36)(H,37,38)/b24-16-. The zero-order chi connectivity index (χ0) is 27.0. The van der Waals surface area contributed by atoms with Crippen molar-refractivity contribution < 1.29 is 24.9 Å². The summed E-state index contributed by atoms with van der Waals surface area (Å²) in [5.41, 5.74) is 5.21. The molecule has 200 valence electrons. The van der Waals surface area contributed by atoms with Gasteiger partial charge in [0.1, 0.15) is 5.82 Å². The molecule has 2 unspecified atom stereocenters. The predicted octanol–water partition coefficient (Wildman–Crippen LogP) is 2.82. The van der Waals surface area contributed by atoms with Crippen molar-refractivity contribution in [3.8, 4) is 0 Å². The fourth-order valence-corrected chi connectivity index (χ4v) is 6.23. The monoisotopic (exact) mass is 518 g/mol. The number of hydrogen-bond donors (Lipinski definition) is 3. The van der Waals surface area contributed by atoms with Gasteiger partial charge in [-0.1, -0.05) is 18.2 Å². The number of aliphatic hydroxyl groups is 1. The van der Waals surface area contributed by atoms with Crippen molar-refractivity contribution in [1.82, 2.24) is 14.5 Å². The largest absolute Gasteiger partial charge is 0.478 e. The normalized spacial score (nSPS) is 20.2. The molecule has 0 aliphatic carbocycles. The van der Waals surface area contributed by atoms with Crippen molar-refractivity contribution in [2.24, 2.45) is 5.92 Å². The Labute approximate surface area is 221 Å². The molecule has 38 heavy (non-hydrogen) atoms.